The lowest BCUT2D eigenvalue weighted by Crippen LogP contribution is -2.49. The van der Waals surface area contributed by atoms with Gasteiger partial charge in [-0.05, 0) is 61.4 Å². The van der Waals surface area contributed by atoms with E-state index in [2.05, 4.69) is 48.2 Å². The van der Waals surface area contributed by atoms with Gasteiger partial charge in [-0.15, -0.1) is 0 Å². The molecule has 0 bridgehead atoms. The van der Waals surface area contributed by atoms with Crippen molar-refractivity contribution in [2.45, 2.75) is 46.0 Å². The van der Waals surface area contributed by atoms with Crippen LogP contribution in [0.3, 0.4) is 0 Å². The third kappa shape index (κ3) is 4.15. The Hall–Kier alpha value is -2.41. The number of nitrogens with zero attached hydrogens (tertiary/aromatic N) is 4. The highest BCUT2D eigenvalue weighted by Crippen LogP contribution is 2.34. The van der Waals surface area contributed by atoms with Crippen LogP contribution in [0, 0.1) is 11.8 Å². The summed E-state index contributed by atoms with van der Waals surface area (Å²) in [5.74, 6) is 1.62. The first-order chi connectivity index (χ1) is 13.9. The van der Waals surface area contributed by atoms with Crippen LogP contribution >= 0.6 is 0 Å². The first kappa shape index (κ1) is 19.9. The molecule has 0 spiro atoms. The second kappa shape index (κ2) is 8.14. The van der Waals surface area contributed by atoms with Gasteiger partial charge < -0.3 is 4.90 Å². The molecular weight excluding hydrogens is 366 g/mol. The predicted molar refractivity (Wildman–Crippen MR) is 113 cm³/mol. The molecule has 2 aliphatic rings. The van der Waals surface area contributed by atoms with Crippen LogP contribution in [0.5, 0.6) is 0 Å². The van der Waals surface area contributed by atoms with E-state index in [9.17, 15) is 9.59 Å². The summed E-state index contributed by atoms with van der Waals surface area (Å²) in [6.45, 7) is 10.8. The van der Waals surface area contributed by atoms with E-state index < -0.39 is 0 Å². The third-order valence-corrected chi connectivity index (χ3v) is 6.36. The summed E-state index contributed by atoms with van der Waals surface area (Å²) in [5, 5.41) is 6.80. The monoisotopic (exact) mass is 397 g/mol. The topological polar surface area (TPSA) is 70.0 Å². The van der Waals surface area contributed by atoms with E-state index >= 15 is 0 Å². The number of pyridine rings is 1. The average molecular weight is 398 g/mol. The van der Waals surface area contributed by atoms with Crippen LogP contribution in [0.25, 0.3) is 5.52 Å². The number of urea groups is 1. The zero-order chi connectivity index (χ0) is 20.5. The maximum Gasteiger partial charge on any atom is 0.328 e. The summed E-state index contributed by atoms with van der Waals surface area (Å²) < 4.78 is 1.81. The summed E-state index contributed by atoms with van der Waals surface area (Å²) in [7, 11) is 0. The van der Waals surface area contributed by atoms with Crippen LogP contribution in [-0.4, -0.2) is 52.6 Å². The molecule has 2 aromatic heterocycles. The van der Waals surface area contributed by atoms with Crippen LogP contribution in [-0.2, 0) is 4.79 Å². The van der Waals surface area contributed by atoms with E-state index in [0.717, 1.165) is 11.2 Å². The number of rotatable bonds is 5. The van der Waals surface area contributed by atoms with Gasteiger partial charge in [0.1, 0.15) is 0 Å². The molecule has 7 nitrogen and oxygen atoms in total. The Labute approximate surface area is 172 Å². The molecule has 1 atom stereocenters. The van der Waals surface area contributed by atoms with Crippen molar-refractivity contribution in [1.82, 2.24) is 19.8 Å². The molecule has 4 heterocycles. The van der Waals surface area contributed by atoms with Gasteiger partial charge in [0.25, 0.3) is 0 Å². The van der Waals surface area contributed by atoms with Crippen molar-refractivity contribution >= 4 is 23.1 Å². The van der Waals surface area contributed by atoms with Gasteiger partial charge in [-0.3, -0.25) is 15.0 Å². The molecule has 29 heavy (non-hydrogen) atoms. The van der Waals surface area contributed by atoms with Crippen molar-refractivity contribution in [1.29, 1.82) is 0 Å². The fourth-order valence-corrected chi connectivity index (χ4v) is 4.69. The van der Waals surface area contributed by atoms with Gasteiger partial charge in [-0.25, -0.2) is 9.31 Å². The molecule has 4 rings (SSSR count). The van der Waals surface area contributed by atoms with E-state index in [1.54, 1.807) is 15.6 Å². The Morgan fingerprint density at radius 2 is 1.93 bits per heavy atom. The number of carbonyl (C=O) groups is 2. The molecule has 7 heteroatoms. The van der Waals surface area contributed by atoms with Crippen LogP contribution < -0.4 is 10.2 Å². The lowest BCUT2D eigenvalue weighted by atomic mass is 9.81. The molecule has 0 saturated carbocycles. The fraction of sp³-hybridized carbons (Fsp3) is 0.591. The lowest BCUT2D eigenvalue weighted by molar-refractivity contribution is -0.120. The smallest absolute Gasteiger partial charge is 0.303 e. The maximum atomic E-state index is 12.3. The summed E-state index contributed by atoms with van der Waals surface area (Å²) in [5.41, 5.74) is 2.96. The van der Waals surface area contributed by atoms with Gasteiger partial charge in [0, 0.05) is 25.7 Å². The number of nitrogens with one attached hydrogen (secondary N) is 1. The average Bonchev–Trinajstić information content (AvgIpc) is 3.10. The predicted octanol–water partition coefficient (Wildman–Crippen LogP) is 3.25. The van der Waals surface area contributed by atoms with E-state index in [-0.39, 0.29) is 11.9 Å². The van der Waals surface area contributed by atoms with Crippen molar-refractivity contribution in [3.05, 3.63) is 30.1 Å². The summed E-state index contributed by atoms with van der Waals surface area (Å²) in [6, 6.07) is 3.94. The molecule has 0 aromatic carbocycles. The number of anilines is 1. The van der Waals surface area contributed by atoms with Crippen LogP contribution in [0.4, 0.5) is 10.5 Å². The number of likely N-dealkylation sites (tertiary alicyclic amines) is 1. The normalized spacial score (nSPS) is 20.5. The van der Waals surface area contributed by atoms with Crippen molar-refractivity contribution in [3.63, 3.8) is 0 Å². The van der Waals surface area contributed by atoms with Gasteiger partial charge in [-0.1, -0.05) is 20.8 Å². The van der Waals surface area contributed by atoms with Crippen LogP contribution in [0.2, 0.25) is 0 Å². The highest BCUT2D eigenvalue weighted by molar-refractivity contribution is 6.07. The van der Waals surface area contributed by atoms with Crippen molar-refractivity contribution in [2.24, 2.45) is 11.8 Å². The Bertz CT molecular complexity index is 898. The highest BCUT2D eigenvalue weighted by Gasteiger charge is 2.28. The van der Waals surface area contributed by atoms with E-state index in [1.165, 1.54) is 38.0 Å². The van der Waals surface area contributed by atoms with E-state index in [0.29, 0.717) is 30.7 Å². The number of fused-ring (bicyclic) bond motifs is 1. The molecule has 2 fully saturated rings. The van der Waals surface area contributed by atoms with Crippen molar-refractivity contribution in [2.75, 3.05) is 31.1 Å². The van der Waals surface area contributed by atoms with Crippen LogP contribution in [0.15, 0.2) is 24.5 Å². The lowest BCUT2D eigenvalue weighted by Gasteiger charge is -2.36. The minimum Gasteiger partial charge on any atom is -0.303 e. The number of carbonyl (C=O) groups excluding carboxylic acids is 2. The number of imide groups is 1. The maximum absolute atomic E-state index is 12.3. The molecule has 1 unspecified atom stereocenters. The summed E-state index contributed by atoms with van der Waals surface area (Å²) in [4.78, 5) is 27.9. The Balaban J connectivity index is 1.51. The molecule has 2 aliphatic heterocycles. The van der Waals surface area contributed by atoms with Gasteiger partial charge in [-0.2, -0.15) is 5.10 Å². The minimum atomic E-state index is -0.368. The molecule has 2 saturated heterocycles. The van der Waals surface area contributed by atoms with Gasteiger partial charge >= 0.3 is 6.03 Å². The van der Waals surface area contributed by atoms with Crippen LogP contribution in [0.1, 0.15) is 51.5 Å². The number of hydrogen-bond donors (Lipinski definition) is 1. The van der Waals surface area contributed by atoms with Gasteiger partial charge in [0.15, 0.2) is 0 Å². The standard InChI is InChI=1S/C22H31N5O2/c1-15(2)14-25-8-4-17(5-9-25)16(3)18-6-11-27-19(12-18)20(13-23-27)26-10-7-21(28)24-22(26)29/h6,11-13,15-17H,4-5,7-10,14H2,1-3H3,(H,24,28,29). The second-order valence-corrected chi connectivity index (χ2v) is 8.90. The Morgan fingerprint density at radius 3 is 2.62 bits per heavy atom. The van der Waals surface area contributed by atoms with Gasteiger partial charge in [0.05, 0.1) is 17.4 Å². The molecular formula is C22H31N5O2. The quantitative estimate of drug-likeness (QED) is 0.841. The van der Waals surface area contributed by atoms with Crippen molar-refractivity contribution < 1.29 is 9.59 Å². The molecule has 0 radical (unpaired) electrons. The second-order valence-electron chi connectivity index (χ2n) is 8.90. The molecule has 1 N–H and O–H groups in total. The molecule has 0 aliphatic carbocycles. The number of amides is 3. The third-order valence-electron chi connectivity index (χ3n) is 6.36. The first-order valence-corrected chi connectivity index (χ1v) is 10.7. The van der Waals surface area contributed by atoms with Crippen molar-refractivity contribution in [3.8, 4) is 0 Å². The number of aromatic nitrogens is 2. The summed E-state index contributed by atoms with van der Waals surface area (Å²) in [6.07, 6.45) is 6.45. The molecule has 2 aromatic rings. The summed E-state index contributed by atoms with van der Waals surface area (Å²) >= 11 is 0. The van der Waals surface area contributed by atoms with E-state index in [4.69, 9.17) is 0 Å². The first-order valence-electron chi connectivity index (χ1n) is 10.7. The number of hydrogen-bond acceptors (Lipinski definition) is 4. The SMILES string of the molecule is CC(C)CN1CCC(C(C)c2ccn3ncc(N4CCC(=O)NC4=O)c3c2)CC1. The molecule has 156 valence electrons. The Morgan fingerprint density at radius 1 is 1.17 bits per heavy atom. The number of piperidine rings is 1. The Kier molecular flexibility index (Phi) is 5.58. The van der Waals surface area contributed by atoms with E-state index in [1.807, 2.05) is 6.20 Å². The van der Waals surface area contributed by atoms with Gasteiger partial charge in [0.2, 0.25) is 5.91 Å². The fourth-order valence-electron chi connectivity index (χ4n) is 4.69. The molecule has 3 amide bonds. The minimum absolute atomic E-state index is 0.221. The highest BCUT2D eigenvalue weighted by atomic mass is 16.2. The largest absolute Gasteiger partial charge is 0.328 e. The zero-order valence-electron chi connectivity index (χ0n) is 17.6. The zero-order valence-corrected chi connectivity index (χ0v) is 17.6.